The molecule has 2 aromatic carbocycles. The predicted molar refractivity (Wildman–Crippen MR) is 64.9 cm³/mol. The second-order valence-corrected chi connectivity index (χ2v) is 3.58. The van der Waals surface area contributed by atoms with Gasteiger partial charge in [-0.25, -0.2) is 4.39 Å². The number of methoxy groups -OCH3 is 2. The van der Waals surface area contributed by atoms with E-state index < -0.39 is 0 Å². The van der Waals surface area contributed by atoms with Crippen LogP contribution in [0.25, 0.3) is 11.1 Å². The van der Waals surface area contributed by atoms with E-state index in [-0.39, 0.29) is 5.82 Å². The van der Waals surface area contributed by atoms with Gasteiger partial charge in [0.05, 0.1) is 14.2 Å². The second-order valence-electron chi connectivity index (χ2n) is 3.58. The topological polar surface area (TPSA) is 18.5 Å². The van der Waals surface area contributed by atoms with Crippen LogP contribution in [0.15, 0.2) is 42.5 Å². The monoisotopic (exact) mass is 232 g/mol. The van der Waals surface area contributed by atoms with Crippen LogP contribution in [-0.4, -0.2) is 14.2 Å². The fraction of sp³-hybridized carbons (Fsp3) is 0.143. The van der Waals surface area contributed by atoms with Gasteiger partial charge < -0.3 is 9.47 Å². The molecule has 2 aromatic rings. The first kappa shape index (κ1) is 11.5. The van der Waals surface area contributed by atoms with Crippen LogP contribution in [0.1, 0.15) is 0 Å². The Labute approximate surface area is 99.6 Å². The molecule has 0 saturated carbocycles. The van der Waals surface area contributed by atoms with E-state index in [1.165, 1.54) is 6.07 Å². The molecule has 0 aliphatic carbocycles. The van der Waals surface area contributed by atoms with Crippen LogP contribution in [0.5, 0.6) is 11.5 Å². The first-order valence-corrected chi connectivity index (χ1v) is 5.22. The molecule has 17 heavy (non-hydrogen) atoms. The molecule has 0 amide bonds. The van der Waals surface area contributed by atoms with Gasteiger partial charge in [0.15, 0.2) is 0 Å². The largest absolute Gasteiger partial charge is 0.497 e. The van der Waals surface area contributed by atoms with Crippen molar-refractivity contribution in [2.45, 2.75) is 0 Å². The average Bonchev–Trinajstić information content (AvgIpc) is 2.38. The van der Waals surface area contributed by atoms with E-state index in [0.717, 1.165) is 5.56 Å². The van der Waals surface area contributed by atoms with Gasteiger partial charge in [-0.2, -0.15) is 0 Å². The molecule has 0 saturated heterocycles. The van der Waals surface area contributed by atoms with Gasteiger partial charge in [0.2, 0.25) is 0 Å². The second kappa shape index (κ2) is 4.87. The van der Waals surface area contributed by atoms with Crippen LogP contribution in [0.2, 0.25) is 0 Å². The Balaban J connectivity index is 2.55. The number of hydrogen-bond acceptors (Lipinski definition) is 2. The summed E-state index contributed by atoms with van der Waals surface area (Å²) >= 11 is 0. The van der Waals surface area contributed by atoms with Crippen molar-refractivity contribution in [1.29, 1.82) is 0 Å². The van der Waals surface area contributed by atoms with Crippen LogP contribution in [-0.2, 0) is 0 Å². The summed E-state index contributed by atoms with van der Waals surface area (Å²) in [5, 5.41) is 0. The SMILES string of the molecule is COc1cc(OC)cc(-c2ccccc2F)c1. The summed E-state index contributed by atoms with van der Waals surface area (Å²) in [7, 11) is 3.14. The van der Waals surface area contributed by atoms with Gasteiger partial charge in [0.1, 0.15) is 17.3 Å². The molecule has 0 fully saturated rings. The van der Waals surface area contributed by atoms with Gasteiger partial charge in [-0.3, -0.25) is 0 Å². The third-order valence-electron chi connectivity index (χ3n) is 2.54. The van der Waals surface area contributed by atoms with Gasteiger partial charge in [-0.15, -0.1) is 0 Å². The molecule has 0 aliphatic heterocycles. The molecule has 0 unspecified atom stereocenters. The Morgan fingerprint density at radius 2 is 1.47 bits per heavy atom. The molecule has 0 radical (unpaired) electrons. The average molecular weight is 232 g/mol. The number of halogens is 1. The molecule has 3 heteroatoms. The molecule has 88 valence electrons. The van der Waals surface area contributed by atoms with Gasteiger partial charge in [0.25, 0.3) is 0 Å². The maximum absolute atomic E-state index is 13.7. The molecule has 0 atom stereocenters. The lowest BCUT2D eigenvalue weighted by Crippen LogP contribution is -1.90. The van der Waals surface area contributed by atoms with Crippen molar-refractivity contribution < 1.29 is 13.9 Å². The Morgan fingerprint density at radius 3 is 2.00 bits per heavy atom. The minimum Gasteiger partial charge on any atom is -0.497 e. The Hall–Kier alpha value is -2.03. The zero-order valence-corrected chi connectivity index (χ0v) is 9.74. The van der Waals surface area contributed by atoms with E-state index in [2.05, 4.69) is 0 Å². The molecule has 0 bridgehead atoms. The predicted octanol–water partition coefficient (Wildman–Crippen LogP) is 3.51. The van der Waals surface area contributed by atoms with Gasteiger partial charge in [-0.05, 0) is 23.8 Å². The van der Waals surface area contributed by atoms with Crippen molar-refractivity contribution in [3.05, 3.63) is 48.3 Å². The highest BCUT2D eigenvalue weighted by Crippen LogP contribution is 2.30. The first-order chi connectivity index (χ1) is 8.24. The van der Waals surface area contributed by atoms with Crippen LogP contribution >= 0.6 is 0 Å². The highest BCUT2D eigenvalue weighted by atomic mass is 19.1. The summed E-state index contributed by atoms with van der Waals surface area (Å²) in [4.78, 5) is 0. The maximum Gasteiger partial charge on any atom is 0.131 e. The fourth-order valence-corrected chi connectivity index (χ4v) is 1.66. The summed E-state index contributed by atoms with van der Waals surface area (Å²) in [5.41, 5.74) is 1.27. The quantitative estimate of drug-likeness (QED) is 0.806. The van der Waals surface area contributed by atoms with Gasteiger partial charge >= 0.3 is 0 Å². The third-order valence-corrected chi connectivity index (χ3v) is 2.54. The van der Waals surface area contributed by atoms with Crippen LogP contribution in [0.3, 0.4) is 0 Å². The molecular formula is C14H13FO2. The molecule has 0 aliphatic rings. The van der Waals surface area contributed by atoms with Crippen molar-refractivity contribution in [1.82, 2.24) is 0 Å². The molecule has 0 heterocycles. The Bertz CT molecular complexity index is 501. The summed E-state index contributed by atoms with van der Waals surface area (Å²) in [6.45, 7) is 0. The minimum atomic E-state index is -0.261. The van der Waals surface area contributed by atoms with E-state index >= 15 is 0 Å². The molecule has 2 rings (SSSR count). The van der Waals surface area contributed by atoms with Gasteiger partial charge in [0, 0.05) is 11.6 Å². The maximum atomic E-state index is 13.7. The number of rotatable bonds is 3. The minimum absolute atomic E-state index is 0.261. The Kier molecular flexibility index (Phi) is 3.28. The lowest BCUT2D eigenvalue weighted by atomic mass is 10.0. The molecule has 0 N–H and O–H groups in total. The highest BCUT2D eigenvalue weighted by Gasteiger charge is 2.07. The van der Waals surface area contributed by atoms with Gasteiger partial charge in [-0.1, -0.05) is 18.2 Å². The number of ether oxygens (including phenoxy) is 2. The fourth-order valence-electron chi connectivity index (χ4n) is 1.66. The zero-order chi connectivity index (χ0) is 12.3. The van der Waals surface area contributed by atoms with Crippen molar-refractivity contribution in [2.24, 2.45) is 0 Å². The summed E-state index contributed by atoms with van der Waals surface area (Å²) < 4.78 is 24.0. The molecule has 2 nitrogen and oxygen atoms in total. The zero-order valence-electron chi connectivity index (χ0n) is 9.74. The number of hydrogen-bond donors (Lipinski definition) is 0. The van der Waals surface area contributed by atoms with Crippen molar-refractivity contribution in [2.75, 3.05) is 14.2 Å². The third kappa shape index (κ3) is 2.38. The molecule has 0 spiro atoms. The molecular weight excluding hydrogens is 219 g/mol. The van der Waals surface area contributed by atoms with E-state index in [0.29, 0.717) is 17.1 Å². The summed E-state index contributed by atoms with van der Waals surface area (Å²) in [5.74, 6) is 1.02. The van der Waals surface area contributed by atoms with E-state index in [9.17, 15) is 4.39 Å². The van der Waals surface area contributed by atoms with E-state index in [1.54, 1.807) is 50.6 Å². The highest BCUT2D eigenvalue weighted by molar-refractivity contribution is 5.67. The van der Waals surface area contributed by atoms with Crippen molar-refractivity contribution in [3.8, 4) is 22.6 Å². The Morgan fingerprint density at radius 1 is 0.882 bits per heavy atom. The first-order valence-electron chi connectivity index (χ1n) is 5.22. The lowest BCUT2D eigenvalue weighted by molar-refractivity contribution is 0.394. The summed E-state index contributed by atoms with van der Waals surface area (Å²) in [6, 6.07) is 11.9. The standard InChI is InChI=1S/C14H13FO2/c1-16-11-7-10(8-12(9-11)17-2)13-5-3-4-6-14(13)15/h3-9H,1-2H3. The van der Waals surface area contributed by atoms with Crippen LogP contribution in [0.4, 0.5) is 4.39 Å². The normalized spacial score (nSPS) is 10.1. The van der Waals surface area contributed by atoms with Crippen LogP contribution < -0.4 is 9.47 Å². The molecule has 0 aromatic heterocycles. The van der Waals surface area contributed by atoms with E-state index in [4.69, 9.17) is 9.47 Å². The smallest absolute Gasteiger partial charge is 0.131 e. The number of benzene rings is 2. The van der Waals surface area contributed by atoms with E-state index in [1.807, 2.05) is 0 Å². The summed E-state index contributed by atoms with van der Waals surface area (Å²) in [6.07, 6.45) is 0. The van der Waals surface area contributed by atoms with Crippen molar-refractivity contribution >= 4 is 0 Å². The van der Waals surface area contributed by atoms with Crippen molar-refractivity contribution in [3.63, 3.8) is 0 Å². The van der Waals surface area contributed by atoms with Crippen LogP contribution in [0, 0.1) is 5.82 Å². The lowest BCUT2D eigenvalue weighted by Gasteiger charge is -2.09.